The van der Waals surface area contributed by atoms with E-state index in [2.05, 4.69) is 31.4 Å². The van der Waals surface area contributed by atoms with Crippen LogP contribution < -0.4 is 10.6 Å². The van der Waals surface area contributed by atoms with E-state index < -0.39 is 5.97 Å². The molecule has 0 heterocycles. The van der Waals surface area contributed by atoms with Gasteiger partial charge in [-0.1, -0.05) is 20.8 Å². The van der Waals surface area contributed by atoms with Crippen molar-refractivity contribution >= 4 is 11.9 Å². The Morgan fingerprint density at radius 2 is 1.79 bits per heavy atom. The van der Waals surface area contributed by atoms with Crippen LogP contribution in [0.25, 0.3) is 0 Å². The summed E-state index contributed by atoms with van der Waals surface area (Å²) in [5, 5.41) is 14.5. The van der Waals surface area contributed by atoms with Gasteiger partial charge >= 0.3 is 5.97 Å². The van der Waals surface area contributed by atoms with Gasteiger partial charge in [-0.3, -0.25) is 9.59 Å². The number of hydrogen-bond donors (Lipinski definition) is 3. The average molecular weight is 272 g/mol. The fraction of sp³-hybridized carbons (Fsp3) is 0.857. The van der Waals surface area contributed by atoms with E-state index in [0.717, 1.165) is 6.42 Å². The highest BCUT2D eigenvalue weighted by molar-refractivity contribution is 5.81. The van der Waals surface area contributed by atoms with Gasteiger partial charge in [0.2, 0.25) is 5.91 Å². The summed E-state index contributed by atoms with van der Waals surface area (Å²) in [5.41, 5.74) is 0.0504. The zero-order chi connectivity index (χ0) is 15.1. The lowest BCUT2D eigenvalue weighted by Crippen LogP contribution is -2.41. The lowest BCUT2D eigenvalue weighted by molar-refractivity contribution is -0.137. The zero-order valence-corrected chi connectivity index (χ0v) is 12.7. The number of carboxylic acids is 1. The Labute approximate surface area is 116 Å². The summed E-state index contributed by atoms with van der Waals surface area (Å²) in [5.74, 6) is -0.496. The van der Waals surface area contributed by atoms with Gasteiger partial charge in [0.05, 0.1) is 6.04 Å². The molecule has 0 saturated heterocycles. The lowest BCUT2D eigenvalue weighted by atomic mass is 9.76. The van der Waals surface area contributed by atoms with Gasteiger partial charge in [0.25, 0.3) is 0 Å². The number of aliphatic carboxylic acids is 1. The normalized spacial score (nSPS) is 14.8. The van der Waals surface area contributed by atoms with Gasteiger partial charge in [-0.2, -0.15) is 0 Å². The van der Waals surface area contributed by atoms with Crippen LogP contribution in [-0.2, 0) is 9.59 Å². The number of rotatable bonds is 8. The second-order valence-corrected chi connectivity index (χ2v) is 6.09. The second-order valence-electron chi connectivity index (χ2n) is 6.09. The van der Waals surface area contributed by atoms with Crippen molar-refractivity contribution in [2.45, 2.75) is 53.0 Å². The molecule has 0 aromatic carbocycles. The highest BCUT2D eigenvalue weighted by Crippen LogP contribution is 2.32. The minimum absolute atomic E-state index is 0.0200. The van der Waals surface area contributed by atoms with Gasteiger partial charge < -0.3 is 15.7 Å². The summed E-state index contributed by atoms with van der Waals surface area (Å²) < 4.78 is 0. The van der Waals surface area contributed by atoms with E-state index in [-0.39, 0.29) is 29.7 Å². The Kier molecular flexibility index (Phi) is 7.68. The molecule has 3 N–H and O–H groups in total. The molecular weight excluding hydrogens is 244 g/mol. The van der Waals surface area contributed by atoms with Gasteiger partial charge in [-0.05, 0) is 38.1 Å². The molecule has 0 aliphatic heterocycles. The van der Waals surface area contributed by atoms with E-state index in [9.17, 15) is 9.59 Å². The summed E-state index contributed by atoms with van der Waals surface area (Å²) in [4.78, 5) is 22.3. The van der Waals surface area contributed by atoms with Gasteiger partial charge in [-0.15, -0.1) is 0 Å². The molecule has 112 valence electrons. The molecule has 0 aliphatic carbocycles. The van der Waals surface area contributed by atoms with Crippen molar-refractivity contribution in [2.24, 2.45) is 11.3 Å². The highest BCUT2D eigenvalue weighted by atomic mass is 16.4. The van der Waals surface area contributed by atoms with Crippen molar-refractivity contribution in [3.63, 3.8) is 0 Å². The molecule has 1 amide bonds. The first-order valence-corrected chi connectivity index (χ1v) is 6.85. The first-order valence-electron chi connectivity index (χ1n) is 6.85. The zero-order valence-electron chi connectivity index (χ0n) is 12.7. The molecule has 0 bridgehead atoms. The molecule has 0 spiro atoms. The average Bonchev–Trinajstić information content (AvgIpc) is 2.30. The third kappa shape index (κ3) is 7.82. The fourth-order valence-electron chi connectivity index (χ4n) is 1.96. The summed E-state index contributed by atoms with van der Waals surface area (Å²) >= 11 is 0. The fourth-order valence-corrected chi connectivity index (χ4v) is 1.96. The second kappa shape index (κ2) is 8.15. The lowest BCUT2D eigenvalue weighted by Gasteiger charge is -2.30. The Morgan fingerprint density at radius 3 is 2.21 bits per heavy atom. The standard InChI is InChI=1S/C14H28N2O3/c1-10(15-5)13(19)16-9-8-11(14(2,3)4)6-7-12(17)18/h10-11,15H,6-9H2,1-5H3,(H,16,19)(H,17,18). The molecule has 0 radical (unpaired) electrons. The van der Waals surface area contributed by atoms with Crippen LogP contribution in [0.2, 0.25) is 0 Å². The number of hydrogen-bond acceptors (Lipinski definition) is 3. The predicted molar refractivity (Wildman–Crippen MR) is 76.0 cm³/mol. The molecule has 0 saturated carbocycles. The summed E-state index contributed by atoms with van der Waals surface area (Å²) in [6, 6.07) is -0.202. The Morgan fingerprint density at radius 1 is 1.21 bits per heavy atom. The monoisotopic (exact) mass is 272 g/mol. The molecule has 0 rings (SSSR count). The quantitative estimate of drug-likeness (QED) is 0.627. The van der Waals surface area contributed by atoms with E-state index in [1.54, 1.807) is 14.0 Å². The number of nitrogens with one attached hydrogen (secondary N) is 2. The number of carbonyl (C=O) groups is 2. The number of carbonyl (C=O) groups excluding carboxylic acids is 1. The van der Waals surface area contributed by atoms with E-state index in [4.69, 9.17) is 5.11 Å². The van der Waals surface area contributed by atoms with Crippen LogP contribution in [0.3, 0.4) is 0 Å². The van der Waals surface area contributed by atoms with Crippen molar-refractivity contribution in [3.8, 4) is 0 Å². The minimum Gasteiger partial charge on any atom is -0.481 e. The number of carboxylic acid groups (broad SMARTS) is 1. The number of likely N-dealkylation sites (N-methyl/N-ethyl adjacent to an activating group) is 1. The molecule has 0 aliphatic rings. The summed E-state index contributed by atoms with van der Waals surface area (Å²) in [7, 11) is 1.75. The topological polar surface area (TPSA) is 78.4 Å². The maximum absolute atomic E-state index is 11.6. The van der Waals surface area contributed by atoms with Crippen LogP contribution in [0.5, 0.6) is 0 Å². The Hall–Kier alpha value is -1.10. The van der Waals surface area contributed by atoms with Crippen LogP contribution in [0.15, 0.2) is 0 Å². The summed E-state index contributed by atoms with van der Waals surface area (Å²) in [6.07, 6.45) is 1.64. The van der Waals surface area contributed by atoms with Crippen LogP contribution in [0.1, 0.15) is 47.0 Å². The van der Waals surface area contributed by atoms with Crippen LogP contribution in [0.4, 0.5) is 0 Å². The molecule has 2 atom stereocenters. The van der Waals surface area contributed by atoms with Crippen LogP contribution >= 0.6 is 0 Å². The smallest absolute Gasteiger partial charge is 0.303 e. The van der Waals surface area contributed by atoms with Crippen LogP contribution in [0, 0.1) is 11.3 Å². The van der Waals surface area contributed by atoms with Gasteiger partial charge in [-0.25, -0.2) is 0 Å². The van der Waals surface area contributed by atoms with E-state index in [1.165, 1.54) is 0 Å². The largest absolute Gasteiger partial charge is 0.481 e. The highest BCUT2D eigenvalue weighted by Gasteiger charge is 2.25. The van der Waals surface area contributed by atoms with Crippen molar-refractivity contribution in [1.29, 1.82) is 0 Å². The third-order valence-corrected chi connectivity index (χ3v) is 3.55. The van der Waals surface area contributed by atoms with Crippen molar-refractivity contribution in [2.75, 3.05) is 13.6 Å². The van der Waals surface area contributed by atoms with Crippen molar-refractivity contribution in [3.05, 3.63) is 0 Å². The van der Waals surface area contributed by atoms with Crippen LogP contribution in [-0.4, -0.2) is 36.6 Å². The Balaban J connectivity index is 4.20. The van der Waals surface area contributed by atoms with Crippen molar-refractivity contribution < 1.29 is 14.7 Å². The van der Waals surface area contributed by atoms with Crippen molar-refractivity contribution in [1.82, 2.24) is 10.6 Å². The molecule has 5 nitrogen and oxygen atoms in total. The maximum Gasteiger partial charge on any atom is 0.303 e. The SMILES string of the molecule is CNC(C)C(=O)NCCC(CCC(=O)O)C(C)(C)C. The predicted octanol–water partition coefficient (Wildman–Crippen LogP) is 1.63. The minimum atomic E-state index is -0.762. The van der Waals surface area contributed by atoms with E-state index >= 15 is 0 Å². The molecule has 19 heavy (non-hydrogen) atoms. The summed E-state index contributed by atoms with van der Waals surface area (Å²) in [6.45, 7) is 8.72. The van der Waals surface area contributed by atoms with Gasteiger partial charge in [0, 0.05) is 13.0 Å². The molecule has 0 fully saturated rings. The van der Waals surface area contributed by atoms with E-state index in [1.807, 2.05) is 0 Å². The molecule has 0 aromatic rings. The number of amides is 1. The molecule has 2 unspecified atom stereocenters. The third-order valence-electron chi connectivity index (χ3n) is 3.55. The Bertz CT molecular complexity index is 298. The first kappa shape index (κ1) is 17.9. The molecular formula is C14H28N2O3. The van der Waals surface area contributed by atoms with Gasteiger partial charge in [0.15, 0.2) is 0 Å². The molecule has 5 heteroatoms. The van der Waals surface area contributed by atoms with Gasteiger partial charge in [0.1, 0.15) is 0 Å². The van der Waals surface area contributed by atoms with E-state index in [0.29, 0.717) is 13.0 Å². The maximum atomic E-state index is 11.6. The molecule has 0 aromatic heterocycles. The first-order chi connectivity index (χ1) is 8.68.